The number of carbonyl (C=O) groups excluding carboxylic acids is 2. The van der Waals surface area contributed by atoms with Crippen LogP contribution in [0.5, 0.6) is 0 Å². The Morgan fingerprint density at radius 1 is 0.895 bits per heavy atom. The van der Waals surface area contributed by atoms with Gasteiger partial charge in [0.1, 0.15) is 0 Å². The number of anilines is 2. The van der Waals surface area contributed by atoms with Crippen LogP contribution in [0.2, 0.25) is 0 Å². The Bertz CT molecular complexity index is 553. The Kier molecular flexibility index (Phi) is 4.12. The Morgan fingerprint density at radius 2 is 1.53 bits per heavy atom. The molecule has 0 atom stereocenters. The second kappa shape index (κ2) is 6.20. The van der Waals surface area contributed by atoms with Crippen LogP contribution in [-0.4, -0.2) is 12.3 Å². The normalized spacial score (nSPS) is 9.47. The highest BCUT2D eigenvalue weighted by Gasteiger charge is 2.04. The fourth-order valence-corrected chi connectivity index (χ4v) is 1.54. The Hall–Kier alpha value is -2.82. The predicted molar refractivity (Wildman–Crippen MR) is 73.7 cm³/mol. The van der Waals surface area contributed by atoms with Crippen molar-refractivity contribution in [3.05, 3.63) is 60.2 Å². The van der Waals surface area contributed by atoms with E-state index < -0.39 is 0 Å². The van der Waals surface area contributed by atoms with E-state index in [1.165, 1.54) is 0 Å². The molecule has 5 heteroatoms. The monoisotopic (exact) mass is 255 g/mol. The van der Waals surface area contributed by atoms with Gasteiger partial charge in [0.25, 0.3) is 5.91 Å². The number of amides is 2. The van der Waals surface area contributed by atoms with E-state index in [2.05, 4.69) is 16.2 Å². The summed E-state index contributed by atoms with van der Waals surface area (Å²) in [6.07, 6.45) is 0.547. The first-order valence-corrected chi connectivity index (χ1v) is 5.71. The van der Waals surface area contributed by atoms with Gasteiger partial charge in [0.15, 0.2) is 0 Å². The molecule has 0 aliphatic carbocycles. The maximum absolute atomic E-state index is 11.9. The molecule has 0 spiro atoms. The molecule has 0 saturated carbocycles. The zero-order valence-corrected chi connectivity index (χ0v) is 10.1. The van der Waals surface area contributed by atoms with E-state index in [0.29, 0.717) is 17.7 Å². The predicted octanol–water partition coefficient (Wildman–Crippen LogP) is 2.01. The molecule has 0 saturated heterocycles. The van der Waals surface area contributed by atoms with E-state index in [0.717, 1.165) is 5.69 Å². The quantitative estimate of drug-likeness (QED) is 0.565. The maximum atomic E-state index is 11.9. The van der Waals surface area contributed by atoms with Gasteiger partial charge >= 0.3 is 0 Å². The molecular formula is C14H13N3O2. The van der Waals surface area contributed by atoms with Crippen molar-refractivity contribution in [1.82, 2.24) is 5.43 Å². The minimum Gasteiger partial charge on any atom is -0.322 e. The molecule has 0 radical (unpaired) electrons. The van der Waals surface area contributed by atoms with Gasteiger partial charge in [-0.15, -0.1) is 0 Å². The van der Waals surface area contributed by atoms with Crippen molar-refractivity contribution in [1.29, 1.82) is 0 Å². The maximum Gasteiger partial charge on any atom is 0.255 e. The molecule has 0 heterocycles. The van der Waals surface area contributed by atoms with E-state index in [-0.39, 0.29) is 5.91 Å². The van der Waals surface area contributed by atoms with Crippen molar-refractivity contribution < 1.29 is 9.59 Å². The first-order valence-electron chi connectivity index (χ1n) is 5.71. The molecule has 3 N–H and O–H groups in total. The van der Waals surface area contributed by atoms with Gasteiger partial charge in [-0.1, -0.05) is 18.2 Å². The lowest BCUT2D eigenvalue weighted by molar-refractivity contribution is -0.109. The minimum atomic E-state index is -0.160. The molecule has 2 amide bonds. The lowest BCUT2D eigenvalue weighted by Gasteiger charge is -2.07. The number of hydrazine groups is 1. The number of hydrogen-bond donors (Lipinski definition) is 3. The summed E-state index contributed by atoms with van der Waals surface area (Å²) in [4.78, 5) is 22.0. The number of nitrogens with one attached hydrogen (secondary N) is 3. The Labute approximate surface area is 110 Å². The van der Waals surface area contributed by atoms with Crippen molar-refractivity contribution in [2.45, 2.75) is 0 Å². The van der Waals surface area contributed by atoms with Gasteiger partial charge in [-0.3, -0.25) is 20.4 Å². The summed E-state index contributed by atoms with van der Waals surface area (Å²) < 4.78 is 0. The van der Waals surface area contributed by atoms with Crippen molar-refractivity contribution in [2.24, 2.45) is 0 Å². The van der Waals surface area contributed by atoms with Crippen LogP contribution >= 0.6 is 0 Å². The van der Waals surface area contributed by atoms with Gasteiger partial charge < -0.3 is 5.32 Å². The SMILES string of the molecule is O=CNNc1ccc(NC(=O)c2ccccc2)cc1. The summed E-state index contributed by atoms with van der Waals surface area (Å²) >= 11 is 0. The van der Waals surface area contributed by atoms with Crippen LogP contribution in [0.3, 0.4) is 0 Å². The summed E-state index contributed by atoms with van der Waals surface area (Å²) in [6.45, 7) is 0. The van der Waals surface area contributed by atoms with Gasteiger partial charge in [-0.25, -0.2) is 0 Å². The molecule has 0 aliphatic rings. The average Bonchev–Trinajstić information content (AvgIpc) is 2.47. The molecule has 96 valence electrons. The summed E-state index contributed by atoms with van der Waals surface area (Å²) in [7, 11) is 0. The molecular weight excluding hydrogens is 242 g/mol. The third kappa shape index (κ3) is 3.57. The molecule has 2 rings (SSSR count). The third-order valence-electron chi connectivity index (χ3n) is 2.45. The van der Waals surface area contributed by atoms with Crippen LogP contribution in [0.4, 0.5) is 11.4 Å². The average molecular weight is 255 g/mol. The number of hydrogen-bond acceptors (Lipinski definition) is 3. The highest BCUT2D eigenvalue weighted by atomic mass is 16.1. The summed E-state index contributed by atoms with van der Waals surface area (Å²) in [5, 5.41) is 2.78. The van der Waals surface area contributed by atoms with E-state index in [4.69, 9.17) is 0 Å². The lowest BCUT2D eigenvalue weighted by Crippen LogP contribution is -2.18. The zero-order valence-electron chi connectivity index (χ0n) is 10.1. The summed E-state index contributed by atoms with van der Waals surface area (Å²) in [5.74, 6) is -0.160. The van der Waals surface area contributed by atoms with Gasteiger partial charge in [-0.05, 0) is 36.4 Å². The summed E-state index contributed by atoms with van der Waals surface area (Å²) in [6, 6.07) is 16.0. The van der Waals surface area contributed by atoms with Crippen molar-refractivity contribution in [3.63, 3.8) is 0 Å². The third-order valence-corrected chi connectivity index (χ3v) is 2.45. The van der Waals surface area contributed by atoms with Crippen LogP contribution in [0, 0.1) is 0 Å². The van der Waals surface area contributed by atoms with Gasteiger partial charge in [0.2, 0.25) is 6.41 Å². The molecule has 0 aliphatic heterocycles. The van der Waals surface area contributed by atoms with Crippen molar-refractivity contribution >= 4 is 23.7 Å². The molecule has 0 bridgehead atoms. The Balaban J connectivity index is 1.99. The van der Waals surface area contributed by atoms with Crippen LogP contribution in [0.15, 0.2) is 54.6 Å². The molecule has 0 aromatic heterocycles. The molecule has 5 nitrogen and oxygen atoms in total. The van der Waals surface area contributed by atoms with Crippen LogP contribution in [-0.2, 0) is 4.79 Å². The minimum absolute atomic E-state index is 0.160. The van der Waals surface area contributed by atoms with Gasteiger partial charge in [0.05, 0.1) is 5.69 Å². The molecule has 19 heavy (non-hydrogen) atoms. The van der Waals surface area contributed by atoms with Gasteiger partial charge in [0, 0.05) is 11.3 Å². The second-order valence-electron chi connectivity index (χ2n) is 3.78. The van der Waals surface area contributed by atoms with E-state index >= 15 is 0 Å². The molecule has 2 aromatic rings. The topological polar surface area (TPSA) is 70.2 Å². The second-order valence-corrected chi connectivity index (χ2v) is 3.78. The fraction of sp³-hybridized carbons (Fsp3) is 0. The van der Waals surface area contributed by atoms with Crippen molar-refractivity contribution in [2.75, 3.05) is 10.7 Å². The van der Waals surface area contributed by atoms with Crippen LogP contribution in [0.1, 0.15) is 10.4 Å². The smallest absolute Gasteiger partial charge is 0.255 e. The first kappa shape index (κ1) is 12.6. The standard InChI is InChI=1S/C14H13N3O2/c18-10-15-17-13-8-6-12(7-9-13)16-14(19)11-4-2-1-3-5-11/h1-10,17H,(H,15,18)(H,16,19). The Morgan fingerprint density at radius 3 is 2.16 bits per heavy atom. The summed E-state index contributed by atoms with van der Waals surface area (Å²) in [5.41, 5.74) is 7.02. The van der Waals surface area contributed by atoms with Gasteiger partial charge in [-0.2, -0.15) is 0 Å². The van der Waals surface area contributed by atoms with Crippen molar-refractivity contribution in [3.8, 4) is 0 Å². The van der Waals surface area contributed by atoms with Crippen LogP contribution < -0.4 is 16.2 Å². The molecule has 2 aromatic carbocycles. The number of carbonyl (C=O) groups is 2. The largest absolute Gasteiger partial charge is 0.322 e. The van der Waals surface area contributed by atoms with E-state index in [9.17, 15) is 9.59 Å². The van der Waals surface area contributed by atoms with E-state index in [1.54, 1.807) is 36.4 Å². The zero-order chi connectivity index (χ0) is 13.5. The highest BCUT2D eigenvalue weighted by molar-refractivity contribution is 6.04. The van der Waals surface area contributed by atoms with Crippen LogP contribution in [0.25, 0.3) is 0 Å². The molecule has 0 fully saturated rings. The molecule has 0 unspecified atom stereocenters. The highest BCUT2D eigenvalue weighted by Crippen LogP contribution is 2.13. The number of benzene rings is 2. The van der Waals surface area contributed by atoms with E-state index in [1.807, 2.05) is 18.2 Å². The number of rotatable bonds is 5. The fourth-order valence-electron chi connectivity index (χ4n) is 1.54. The lowest BCUT2D eigenvalue weighted by atomic mass is 10.2. The first-order chi connectivity index (χ1) is 9.29.